The van der Waals surface area contributed by atoms with Crippen LogP contribution in [0.3, 0.4) is 0 Å². The zero-order chi connectivity index (χ0) is 17.3. The molecule has 0 aliphatic rings. The van der Waals surface area contributed by atoms with E-state index in [1.165, 1.54) is 0 Å². The quantitative estimate of drug-likeness (QED) is 0.756. The second kappa shape index (κ2) is 6.39. The second-order valence-electron chi connectivity index (χ2n) is 6.24. The number of amides is 1. The van der Waals surface area contributed by atoms with E-state index in [0.717, 1.165) is 22.2 Å². The molecule has 6 heteroatoms. The van der Waals surface area contributed by atoms with Crippen LogP contribution in [0.5, 0.6) is 5.75 Å². The van der Waals surface area contributed by atoms with Crippen molar-refractivity contribution in [2.24, 2.45) is 7.05 Å². The fourth-order valence-corrected chi connectivity index (χ4v) is 2.60. The summed E-state index contributed by atoms with van der Waals surface area (Å²) in [5.74, 6) is 0.654. The van der Waals surface area contributed by atoms with Gasteiger partial charge in [0.1, 0.15) is 11.4 Å². The van der Waals surface area contributed by atoms with Crippen LogP contribution in [0.4, 0.5) is 0 Å². The van der Waals surface area contributed by atoms with Gasteiger partial charge in [-0.25, -0.2) is 0 Å². The highest BCUT2D eigenvalue weighted by atomic mass is 16.5. The molecule has 24 heavy (non-hydrogen) atoms. The molecule has 1 atom stereocenters. The predicted molar refractivity (Wildman–Crippen MR) is 93.2 cm³/mol. The summed E-state index contributed by atoms with van der Waals surface area (Å²) in [5, 5.41) is 8.06. The first-order chi connectivity index (χ1) is 11.4. The molecule has 0 radical (unpaired) electrons. The Balaban J connectivity index is 1.77. The highest BCUT2D eigenvalue weighted by Gasteiger charge is 2.15. The first-order valence-electron chi connectivity index (χ1n) is 8.01. The standard InChI is InChI=1S/C18H22N4O2/c1-11(2)24-15-5-6-16-13(7-15)8-17(21-16)18(23)20-12(3)14-9-19-22(4)10-14/h5-12,21H,1-4H3,(H,20,23). The number of carbonyl (C=O) groups excluding carboxylic acids is 1. The fraction of sp³-hybridized carbons (Fsp3) is 0.333. The smallest absolute Gasteiger partial charge is 0.268 e. The number of rotatable bonds is 5. The van der Waals surface area contributed by atoms with Crippen LogP contribution in [0.1, 0.15) is 42.9 Å². The number of benzene rings is 1. The van der Waals surface area contributed by atoms with Gasteiger partial charge in [-0.1, -0.05) is 0 Å². The molecule has 0 saturated heterocycles. The third-order valence-corrected chi connectivity index (χ3v) is 3.78. The van der Waals surface area contributed by atoms with Crippen molar-refractivity contribution in [3.8, 4) is 5.75 Å². The first kappa shape index (κ1) is 16.1. The molecule has 3 rings (SSSR count). The minimum Gasteiger partial charge on any atom is -0.491 e. The van der Waals surface area contributed by atoms with Crippen LogP contribution in [0, 0.1) is 0 Å². The average Bonchev–Trinajstić information content (AvgIpc) is 3.12. The van der Waals surface area contributed by atoms with E-state index in [0.29, 0.717) is 5.69 Å². The molecule has 0 fully saturated rings. The molecular weight excluding hydrogens is 304 g/mol. The molecule has 0 bridgehead atoms. The third-order valence-electron chi connectivity index (χ3n) is 3.78. The molecule has 2 aromatic heterocycles. The summed E-state index contributed by atoms with van der Waals surface area (Å²) in [4.78, 5) is 15.6. The molecule has 0 aliphatic carbocycles. The predicted octanol–water partition coefficient (Wildman–Crippen LogP) is 3.18. The number of aryl methyl sites for hydroxylation is 1. The highest BCUT2D eigenvalue weighted by Crippen LogP contribution is 2.23. The summed E-state index contributed by atoms with van der Waals surface area (Å²) in [5.41, 5.74) is 2.40. The van der Waals surface area contributed by atoms with Gasteiger partial charge in [0, 0.05) is 29.7 Å². The summed E-state index contributed by atoms with van der Waals surface area (Å²) < 4.78 is 7.41. The number of carbonyl (C=O) groups is 1. The van der Waals surface area contributed by atoms with Gasteiger partial charge in [0.2, 0.25) is 0 Å². The SMILES string of the molecule is CC(C)Oc1ccc2[nH]c(C(=O)NC(C)c3cnn(C)c3)cc2c1. The van der Waals surface area contributed by atoms with Crippen LogP contribution in [-0.4, -0.2) is 26.8 Å². The normalized spacial score (nSPS) is 12.5. The Morgan fingerprint density at radius 1 is 1.29 bits per heavy atom. The van der Waals surface area contributed by atoms with Crippen molar-refractivity contribution in [2.45, 2.75) is 32.9 Å². The molecular formula is C18H22N4O2. The number of hydrogen-bond donors (Lipinski definition) is 2. The summed E-state index contributed by atoms with van der Waals surface area (Å²) in [6, 6.07) is 7.49. The van der Waals surface area contributed by atoms with Crippen molar-refractivity contribution in [1.82, 2.24) is 20.1 Å². The Hall–Kier alpha value is -2.76. The van der Waals surface area contributed by atoms with Crippen molar-refractivity contribution in [2.75, 3.05) is 0 Å². The molecule has 2 heterocycles. The van der Waals surface area contributed by atoms with Crippen LogP contribution in [0.2, 0.25) is 0 Å². The van der Waals surface area contributed by atoms with E-state index in [9.17, 15) is 4.79 Å². The van der Waals surface area contributed by atoms with Gasteiger partial charge in [-0.05, 0) is 45.0 Å². The fourth-order valence-electron chi connectivity index (χ4n) is 2.60. The maximum absolute atomic E-state index is 12.5. The van der Waals surface area contributed by atoms with Crippen LogP contribution < -0.4 is 10.1 Å². The van der Waals surface area contributed by atoms with Crippen LogP contribution in [0.25, 0.3) is 10.9 Å². The Morgan fingerprint density at radius 2 is 2.08 bits per heavy atom. The molecule has 0 aliphatic heterocycles. The second-order valence-corrected chi connectivity index (χ2v) is 6.24. The lowest BCUT2D eigenvalue weighted by Crippen LogP contribution is -2.26. The third kappa shape index (κ3) is 3.42. The van der Waals surface area contributed by atoms with E-state index in [1.54, 1.807) is 10.9 Å². The van der Waals surface area contributed by atoms with Gasteiger partial charge >= 0.3 is 0 Å². The number of fused-ring (bicyclic) bond motifs is 1. The number of aromatic amines is 1. The summed E-state index contributed by atoms with van der Waals surface area (Å²) >= 11 is 0. The van der Waals surface area contributed by atoms with E-state index in [1.807, 2.05) is 58.3 Å². The maximum Gasteiger partial charge on any atom is 0.268 e. The zero-order valence-electron chi connectivity index (χ0n) is 14.3. The number of ether oxygens (including phenoxy) is 1. The van der Waals surface area contributed by atoms with Crippen molar-refractivity contribution in [3.63, 3.8) is 0 Å². The van der Waals surface area contributed by atoms with E-state index >= 15 is 0 Å². The van der Waals surface area contributed by atoms with Gasteiger partial charge in [0.05, 0.1) is 18.3 Å². The van der Waals surface area contributed by atoms with E-state index < -0.39 is 0 Å². The molecule has 1 unspecified atom stereocenters. The Morgan fingerprint density at radius 3 is 2.75 bits per heavy atom. The van der Waals surface area contributed by atoms with Crippen LogP contribution in [-0.2, 0) is 7.05 Å². The monoisotopic (exact) mass is 326 g/mol. The lowest BCUT2D eigenvalue weighted by atomic mass is 10.2. The van der Waals surface area contributed by atoms with Gasteiger partial charge in [-0.2, -0.15) is 5.10 Å². The number of nitrogens with one attached hydrogen (secondary N) is 2. The topological polar surface area (TPSA) is 71.9 Å². The van der Waals surface area contributed by atoms with Gasteiger partial charge in [0.25, 0.3) is 5.91 Å². The van der Waals surface area contributed by atoms with Crippen LogP contribution in [0.15, 0.2) is 36.7 Å². The number of aromatic nitrogens is 3. The Labute approximate surface area is 140 Å². The summed E-state index contributed by atoms with van der Waals surface area (Å²) in [6.07, 6.45) is 3.77. The molecule has 1 aromatic carbocycles. The molecule has 6 nitrogen and oxygen atoms in total. The van der Waals surface area contributed by atoms with Gasteiger partial charge < -0.3 is 15.0 Å². The van der Waals surface area contributed by atoms with Gasteiger partial charge in [-0.15, -0.1) is 0 Å². The molecule has 0 saturated carbocycles. The van der Waals surface area contributed by atoms with Gasteiger partial charge in [0.15, 0.2) is 0 Å². The van der Waals surface area contributed by atoms with Crippen molar-refractivity contribution < 1.29 is 9.53 Å². The number of hydrogen-bond acceptors (Lipinski definition) is 3. The van der Waals surface area contributed by atoms with E-state index in [2.05, 4.69) is 15.4 Å². The highest BCUT2D eigenvalue weighted by molar-refractivity contribution is 5.98. The first-order valence-corrected chi connectivity index (χ1v) is 8.01. The Bertz CT molecular complexity index is 863. The van der Waals surface area contributed by atoms with E-state index in [4.69, 9.17) is 4.74 Å². The van der Waals surface area contributed by atoms with Crippen LogP contribution >= 0.6 is 0 Å². The molecule has 0 spiro atoms. The lowest BCUT2D eigenvalue weighted by molar-refractivity contribution is 0.0935. The number of nitrogens with zero attached hydrogens (tertiary/aromatic N) is 2. The number of H-pyrrole nitrogens is 1. The molecule has 2 N–H and O–H groups in total. The Kier molecular flexibility index (Phi) is 4.29. The summed E-state index contributed by atoms with van der Waals surface area (Å²) in [6.45, 7) is 5.91. The molecule has 1 amide bonds. The van der Waals surface area contributed by atoms with Crippen molar-refractivity contribution >= 4 is 16.8 Å². The minimum atomic E-state index is -0.145. The molecule has 3 aromatic rings. The summed E-state index contributed by atoms with van der Waals surface area (Å²) in [7, 11) is 1.85. The van der Waals surface area contributed by atoms with Crippen molar-refractivity contribution in [1.29, 1.82) is 0 Å². The molecule has 126 valence electrons. The average molecular weight is 326 g/mol. The van der Waals surface area contributed by atoms with E-state index in [-0.39, 0.29) is 18.1 Å². The zero-order valence-corrected chi connectivity index (χ0v) is 14.3. The minimum absolute atomic E-state index is 0.113. The largest absolute Gasteiger partial charge is 0.491 e. The maximum atomic E-state index is 12.5. The lowest BCUT2D eigenvalue weighted by Gasteiger charge is -2.10. The van der Waals surface area contributed by atoms with Crippen molar-refractivity contribution in [3.05, 3.63) is 47.9 Å². The van der Waals surface area contributed by atoms with Gasteiger partial charge in [-0.3, -0.25) is 9.48 Å².